The van der Waals surface area contributed by atoms with E-state index in [1.54, 1.807) is 29.2 Å². The zero-order valence-electron chi connectivity index (χ0n) is 13.4. The maximum Gasteiger partial charge on any atom is 0.254 e. The normalized spacial score (nSPS) is 14.0. The lowest BCUT2D eigenvalue weighted by molar-refractivity contribution is 0.0161. The summed E-state index contributed by atoms with van der Waals surface area (Å²) in [5.74, 6) is 0.532. The first-order valence-electron chi connectivity index (χ1n) is 8.05. The summed E-state index contributed by atoms with van der Waals surface area (Å²) in [5, 5.41) is 9.88. The van der Waals surface area contributed by atoms with Crippen molar-refractivity contribution >= 4 is 16.8 Å². The highest BCUT2D eigenvalue weighted by molar-refractivity contribution is 5.94. The molecular formula is C20H15N3O2. The summed E-state index contributed by atoms with van der Waals surface area (Å²) >= 11 is 0. The van der Waals surface area contributed by atoms with Gasteiger partial charge in [-0.05, 0) is 36.4 Å². The zero-order valence-corrected chi connectivity index (χ0v) is 13.4. The molecule has 0 saturated carbocycles. The van der Waals surface area contributed by atoms with Gasteiger partial charge in [-0.25, -0.2) is 4.98 Å². The molecule has 1 aliphatic rings. The molecule has 3 aromatic rings. The first-order valence-corrected chi connectivity index (χ1v) is 8.05. The third kappa shape index (κ3) is 3.02. The van der Waals surface area contributed by atoms with Gasteiger partial charge in [0.15, 0.2) is 0 Å². The molecular weight excluding hydrogens is 314 g/mol. The quantitative estimate of drug-likeness (QED) is 0.741. The molecule has 0 atom stereocenters. The van der Waals surface area contributed by atoms with Crippen molar-refractivity contribution in [2.75, 3.05) is 13.1 Å². The van der Waals surface area contributed by atoms with Crippen LogP contribution in [0.15, 0.2) is 60.7 Å². The topological polar surface area (TPSA) is 66.2 Å². The molecule has 0 N–H and O–H groups in total. The Hall–Kier alpha value is -3.39. The van der Waals surface area contributed by atoms with E-state index in [0.717, 1.165) is 10.9 Å². The van der Waals surface area contributed by atoms with E-state index in [1.165, 1.54) is 0 Å². The SMILES string of the molecule is N#Cc1ccc(C(=O)N2CC(Oc3ccc4ccccc4n3)C2)cc1. The van der Waals surface area contributed by atoms with E-state index in [4.69, 9.17) is 10.00 Å². The summed E-state index contributed by atoms with van der Waals surface area (Å²) in [7, 11) is 0. The minimum Gasteiger partial charge on any atom is -0.471 e. The molecule has 0 spiro atoms. The summed E-state index contributed by atoms with van der Waals surface area (Å²) < 4.78 is 5.86. The molecule has 1 saturated heterocycles. The van der Waals surface area contributed by atoms with Crippen molar-refractivity contribution in [2.24, 2.45) is 0 Å². The predicted octanol–water partition coefficient (Wildman–Crippen LogP) is 3.01. The molecule has 1 fully saturated rings. The van der Waals surface area contributed by atoms with Crippen molar-refractivity contribution in [2.45, 2.75) is 6.10 Å². The average Bonchev–Trinajstić information content (AvgIpc) is 2.64. The molecule has 0 radical (unpaired) electrons. The van der Waals surface area contributed by atoms with Gasteiger partial charge < -0.3 is 9.64 Å². The number of ether oxygens (including phenoxy) is 1. The fourth-order valence-electron chi connectivity index (χ4n) is 2.83. The summed E-state index contributed by atoms with van der Waals surface area (Å²) in [4.78, 5) is 18.6. The molecule has 1 aromatic heterocycles. The smallest absolute Gasteiger partial charge is 0.254 e. The second-order valence-electron chi connectivity index (χ2n) is 5.98. The lowest BCUT2D eigenvalue weighted by Crippen LogP contribution is -2.56. The number of nitrogens with zero attached hydrogens (tertiary/aromatic N) is 3. The van der Waals surface area contributed by atoms with Crippen LogP contribution in [0.4, 0.5) is 0 Å². The molecule has 2 aromatic carbocycles. The summed E-state index contributed by atoms with van der Waals surface area (Å²) in [5.41, 5.74) is 2.02. The van der Waals surface area contributed by atoms with Crippen LogP contribution >= 0.6 is 0 Å². The number of benzene rings is 2. The molecule has 5 heteroatoms. The van der Waals surface area contributed by atoms with E-state index in [0.29, 0.717) is 30.1 Å². The second-order valence-corrected chi connectivity index (χ2v) is 5.98. The van der Waals surface area contributed by atoms with Crippen LogP contribution in [0.1, 0.15) is 15.9 Å². The van der Waals surface area contributed by atoms with Gasteiger partial charge in [0.25, 0.3) is 5.91 Å². The van der Waals surface area contributed by atoms with Crippen molar-refractivity contribution < 1.29 is 9.53 Å². The number of pyridine rings is 1. The number of aromatic nitrogens is 1. The molecule has 1 amide bonds. The van der Waals surface area contributed by atoms with Gasteiger partial charge >= 0.3 is 0 Å². The first-order chi connectivity index (χ1) is 12.2. The van der Waals surface area contributed by atoms with Crippen LogP contribution in [-0.4, -0.2) is 35.0 Å². The van der Waals surface area contributed by atoms with Crippen LogP contribution in [0, 0.1) is 11.3 Å². The van der Waals surface area contributed by atoms with Gasteiger partial charge in [-0.1, -0.05) is 18.2 Å². The van der Waals surface area contributed by atoms with Crippen molar-refractivity contribution in [3.8, 4) is 11.9 Å². The monoisotopic (exact) mass is 329 g/mol. The Morgan fingerprint density at radius 1 is 1.08 bits per heavy atom. The number of rotatable bonds is 3. The van der Waals surface area contributed by atoms with E-state index >= 15 is 0 Å². The molecule has 4 rings (SSSR count). The number of likely N-dealkylation sites (tertiary alicyclic amines) is 1. The number of hydrogen-bond acceptors (Lipinski definition) is 4. The minimum absolute atomic E-state index is 0.0454. The van der Waals surface area contributed by atoms with Gasteiger partial charge in [0, 0.05) is 17.0 Å². The van der Waals surface area contributed by atoms with Gasteiger partial charge in [0.2, 0.25) is 5.88 Å². The van der Waals surface area contributed by atoms with Gasteiger partial charge in [-0.3, -0.25) is 4.79 Å². The highest BCUT2D eigenvalue weighted by Crippen LogP contribution is 2.21. The van der Waals surface area contributed by atoms with Crippen LogP contribution < -0.4 is 4.74 Å². The molecule has 25 heavy (non-hydrogen) atoms. The van der Waals surface area contributed by atoms with Crippen molar-refractivity contribution in [3.05, 3.63) is 71.8 Å². The van der Waals surface area contributed by atoms with Crippen molar-refractivity contribution in [1.82, 2.24) is 9.88 Å². The van der Waals surface area contributed by atoms with Crippen molar-refractivity contribution in [1.29, 1.82) is 5.26 Å². The third-order valence-corrected chi connectivity index (χ3v) is 4.26. The summed E-state index contributed by atoms with van der Waals surface area (Å²) in [6, 6.07) is 20.4. The lowest BCUT2D eigenvalue weighted by Gasteiger charge is -2.38. The largest absolute Gasteiger partial charge is 0.471 e. The van der Waals surface area contributed by atoms with E-state index < -0.39 is 0 Å². The Bertz CT molecular complexity index is 970. The molecule has 2 heterocycles. The molecule has 0 unspecified atom stereocenters. The van der Waals surface area contributed by atoms with E-state index in [9.17, 15) is 4.79 Å². The van der Waals surface area contributed by atoms with Gasteiger partial charge in [-0.2, -0.15) is 5.26 Å². The Morgan fingerprint density at radius 3 is 2.60 bits per heavy atom. The van der Waals surface area contributed by atoms with Gasteiger partial charge in [0.1, 0.15) is 6.10 Å². The van der Waals surface area contributed by atoms with Crippen molar-refractivity contribution in [3.63, 3.8) is 0 Å². The number of fused-ring (bicyclic) bond motifs is 1. The molecule has 0 aliphatic carbocycles. The Kier molecular flexibility index (Phi) is 3.79. The van der Waals surface area contributed by atoms with Crippen LogP contribution in [0.3, 0.4) is 0 Å². The fourth-order valence-corrected chi connectivity index (χ4v) is 2.83. The third-order valence-electron chi connectivity index (χ3n) is 4.26. The number of hydrogen-bond donors (Lipinski definition) is 0. The lowest BCUT2D eigenvalue weighted by atomic mass is 10.1. The van der Waals surface area contributed by atoms with E-state index in [2.05, 4.69) is 4.98 Å². The fraction of sp³-hybridized carbons (Fsp3) is 0.150. The zero-order chi connectivity index (χ0) is 17.2. The van der Waals surface area contributed by atoms with Crippen LogP contribution in [-0.2, 0) is 0 Å². The molecule has 5 nitrogen and oxygen atoms in total. The highest BCUT2D eigenvalue weighted by Gasteiger charge is 2.33. The Balaban J connectivity index is 1.37. The summed E-state index contributed by atoms with van der Waals surface area (Å²) in [6.07, 6.45) is -0.0454. The maximum atomic E-state index is 12.4. The van der Waals surface area contributed by atoms with E-state index in [-0.39, 0.29) is 12.0 Å². The number of amides is 1. The Labute approximate surface area is 145 Å². The molecule has 1 aliphatic heterocycles. The van der Waals surface area contributed by atoms with E-state index in [1.807, 2.05) is 42.5 Å². The number of nitriles is 1. The van der Waals surface area contributed by atoms with Crippen LogP contribution in [0.5, 0.6) is 5.88 Å². The van der Waals surface area contributed by atoms with Gasteiger partial charge in [-0.15, -0.1) is 0 Å². The maximum absolute atomic E-state index is 12.4. The number of carbonyl (C=O) groups is 1. The number of carbonyl (C=O) groups excluding carboxylic acids is 1. The molecule has 122 valence electrons. The van der Waals surface area contributed by atoms with Gasteiger partial charge in [0.05, 0.1) is 30.2 Å². The van der Waals surface area contributed by atoms with Crippen LogP contribution in [0.25, 0.3) is 10.9 Å². The standard InChI is InChI=1S/C20H15N3O2/c21-11-14-5-7-16(8-6-14)20(24)23-12-17(13-23)25-19-10-9-15-3-1-2-4-18(15)22-19/h1-10,17H,12-13H2. The number of para-hydroxylation sites is 1. The molecule has 0 bridgehead atoms. The first kappa shape index (κ1) is 15.2. The average molecular weight is 329 g/mol. The predicted molar refractivity (Wildman–Crippen MR) is 93.2 cm³/mol. The minimum atomic E-state index is -0.0455. The van der Waals surface area contributed by atoms with Crippen LogP contribution in [0.2, 0.25) is 0 Å². The highest BCUT2D eigenvalue weighted by atomic mass is 16.5. The second kappa shape index (κ2) is 6.25. The summed E-state index contributed by atoms with van der Waals surface area (Å²) in [6.45, 7) is 1.07. The Morgan fingerprint density at radius 2 is 1.84 bits per heavy atom.